The SMILES string of the molecule is CC(C)C[C@@H](NC(=O)[C@H](NC(=O)CNC(=O)CN)C(C)C)C(=O)N[C@H](C(=O)N[C@H](CCC(N)=O)C(=O)N1CCC[C@@H]1C(=O)NCC(=O)O)C(C)C. The molecule has 5 atom stereocenters. The third kappa shape index (κ3) is 15.3. The number of nitrogens with zero attached hydrogens (tertiary/aromatic N) is 1. The van der Waals surface area contributed by atoms with Gasteiger partial charge in [-0.3, -0.25) is 43.2 Å². The lowest BCUT2D eigenvalue weighted by molar-refractivity contribution is -0.143. The molecule has 11 N–H and O–H groups in total. The molecule has 0 saturated carbocycles. The van der Waals surface area contributed by atoms with E-state index in [1.165, 1.54) is 4.90 Å². The first-order valence-electron chi connectivity index (χ1n) is 17.0. The van der Waals surface area contributed by atoms with E-state index in [-0.39, 0.29) is 44.7 Å². The molecule has 1 rings (SSSR count). The Morgan fingerprint density at radius 3 is 1.82 bits per heavy atom. The Kier molecular flexibility index (Phi) is 18.6. The summed E-state index contributed by atoms with van der Waals surface area (Å²) >= 11 is 0. The fraction of sp³-hybridized carbons (Fsp3) is 0.719. The molecule has 0 aromatic heterocycles. The normalized spacial score (nSPS) is 16.4. The van der Waals surface area contributed by atoms with E-state index in [4.69, 9.17) is 16.6 Å². The van der Waals surface area contributed by atoms with E-state index in [9.17, 15) is 43.2 Å². The zero-order chi connectivity index (χ0) is 39.0. The second-order valence-electron chi connectivity index (χ2n) is 13.6. The minimum absolute atomic E-state index is 0.0946. The molecule has 0 bridgehead atoms. The molecule has 0 aliphatic carbocycles. The summed E-state index contributed by atoms with van der Waals surface area (Å²) in [6.07, 6.45) is 0.369. The number of hydrogen-bond acceptors (Lipinski definition) is 10. The maximum absolute atomic E-state index is 13.7. The maximum atomic E-state index is 13.7. The summed E-state index contributed by atoms with van der Waals surface area (Å²) in [4.78, 5) is 115. The summed E-state index contributed by atoms with van der Waals surface area (Å²) < 4.78 is 0. The van der Waals surface area contributed by atoms with Gasteiger partial charge in [-0.1, -0.05) is 41.5 Å². The van der Waals surface area contributed by atoms with E-state index >= 15 is 0 Å². The van der Waals surface area contributed by atoms with Gasteiger partial charge in [0.2, 0.25) is 47.3 Å². The average Bonchev–Trinajstić information content (AvgIpc) is 3.54. The van der Waals surface area contributed by atoms with Gasteiger partial charge in [-0.25, -0.2) is 0 Å². The highest BCUT2D eigenvalue weighted by molar-refractivity contribution is 5.97. The summed E-state index contributed by atoms with van der Waals surface area (Å²) in [5.41, 5.74) is 10.6. The molecule has 0 aromatic rings. The topological polar surface area (TPSA) is 301 Å². The van der Waals surface area contributed by atoms with Gasteiger partial charge in [0.25, 0.3) is 0 Å². The summed E-state index contributed by atoms with van der Waals surface area (Å²) in [5.74, 6) is -7.73. The number of carboxylic acids is 1. The van der Waals surface area contributed by atoms with Gasteiger partial charge in [-0.15, -0.1) is 0 Å². The predicted octanol–water partition coefficient (Wildman–Crippen LogP) is -3.18. The lowest BCUT2D eigenvalue weighted by Crippen LogP contribution is -2.61. The average molecular weight is 726 g/mol. The third-order valence-corrected chi connectivity index (χ3v) is 8.03. The van der Waals surface area contributed by atoms with Gasteiger partial charge in [0, 0.05) is 13.0 Å². The number of nitrogens with one attached hydrogen (secondary N) is 6. The van der Waals surface area contributed by atoms with Gasteiger partial charge in [0.1, 0.15) is 36.8 Å². The van der Waals surface area contributed by atoms with Gasteiger partial charge in [-0.2, -0.15) is 0 Å². The number of nitrogens with two attached hydrogens (primary N) is 2. The van der Waals surface area contributed by atoms with Crippen molar-refractivity contribution < 1.29 is 48.3 Å². The molecular weight excluding hydrogens is 670 g/mol. The molecule has 1 aliphatic rings. The molecule has 19 nitrogen and oxygen atoms in total. The lowest BCUT2D eigenvalue weighted by atomic mass is 9.98. The minimum atomic E-state index is -1.31. The fourth-order valence-corrected chi connectivity index (χ4v) is 5.35. The van der Waals surface area contributed by atoms with Gasteiger partial charge in [-0.05, 0) is 43.4 Å². The molecule has 8 amide bonds. The summed E-state index contributed by atoms with van der Waals surface area (Å²) in [6, 6.07) is -5.73. The number of carbonyl (C=O) groups is 9. The van der Waals surface area contributed by atoms with Gasteiger partial charge < -0.3 is 53.4 Å². The van der Waals surface area contributed by atoms with Crippen molar-refractivity contribution in [3.63, 3.8) is 0 Å². The fourth-order valence-electron chi connectivity index (χ4n) is 5.35. The third-order valence-electron chi connectivity index (χ3n) is 8.03. The first-order chi connectivity index (χ1) is 23.8. The number of amides is 8. The van der Waals surface area contributed by atoms with Crippen molar-refractivity contribution in [2.75, 3.05) is 26.2 Å². The van der Waals surface area contributed by atoms with Crippen molar-refractivity contribution in [3.8, 4) is 0 Å². The standard InChI is InChI=1S/C32H55N9O10/c1-16(2)12-20(38-30(49)26(17(3)4)39-24(44)14-35-23(43)13-33)28(47)40-27(18(5)6)31(50)37-19(9-10-22(34)42)32(51)41-11-7-8-21(41)29(48)36-15-25(45)46/h16-21,26-27H,7-15,33H2,1-6H3,(H2,34,42)(H,35,43)(H,36,48)(H,37,50)(H,38,49)(H,39,44)(H,40,47)(H,45,46)/t19-,20-,21-,26-,27+/m1/s1. The van der Waals surface area contributed by atoms with Crippen LogP contribution in [-0.4, -0.2) is 120 Å². The van der Waals surface area contributed by atoms with E-state index in [0.717, 1.165) is 0 Å². The molecule has 0 aromatic carbocycles. The van der Waals surface area contributed by atoms with Gasteiger partial charge in [0.15, 0.2) is 0 Å². The number of primary amides is 1. The lowest BCUT2D eigenvalue weighted by Gasteiger charge is -2.31. The highest BCUT2D eigenvalue weighted by Gasteiger charge is 2.39. The number of hydrogen-bond donors (Lipinski definition) is 9. The maximum Gasteiger partial charge on any atom is 0.322 e. The van der Waals surface area contributed by atoms with Crippen LogP contribution in [0.15, 0.2) is 0 Å². The number of likely N-dealkylation sites (tertiary alicyclic amines) is 1. The van der Waals surface area contributed by atoms with Crippen LogP contribution in [0.3, 0.4) is 0 Å². The van der Waals surface area contributed by atoms with Crippen LogP contribution >= 0.6 is 0 Å². The molecule has 19 heteroatoms. The van der Waals surface area contributed by atoms with Gasteiger partial charge in [0.05, 0.1) is 13.1 Å². The Hall–Kier alpha value is -4.81. The quantitative estimate of drug-likeness (QED) is 0.0568. The molecule has 1 fully saturated rings. The largest absolute Gasteiger partial charge is 0.480 e. The Morgan fingerprint density at radius 1 is 0.745 bits per heavy atom. The van der Waals surface area contributed by atoms with Crippen LogP contribution in [0.4, 0.5) is 0 Å². The minimum Gasteiger partial charge on any atom is -0.480 e. The molecule has 0 unspecified atom stereocenters. The first-order valence-corrected chi connectivity index (χ1v) is 17.0. The number of rotatable bonds is 21. The van der Waals surface area contributed by atoms with E-state index in [2.05, 4.69) is 31.9 Å². The summed E-state index contributed by atoms with van der Waals surface area (Å²) in [7, 11) is 0. The zero-order valence-corrected chi connectivity index (χ0v) is 30.2. The number of aliphatic carboxylic acids is 1. The zero-order valence-electron chi connectivity index (χ0n) is 30.2. The summed E-state index contributed by atoms with van der Waals surface area (Å²) in [6.45, 7) is 9.09. The molecular formula is C32H55N9O10. The molecule has 288 valence electrons. The van der Waals surface area contributed by atoms with Gasteiger partial charge >= 0.3 is 5.97 Å². The number of carboxylic acid groups (broad SMARTS) is 1. The van der Waals surface area contributed by atoms with Crippen LogP contribution in [0.1, 0.15) is 73.6 Å². The molecule has 1 heterocycles. The van der Waals surface area contributed by atoms with Crippen LogP contribution in [0.2, 0.25) is 0 Å². The Labute approximate surface area is 297 Å². The Morgan fingerprint density at radius 2 is 1.31 bits per heavy atom. The van der Waals surface area contributed by atoms with Crippen LogP contribution in [-0.2, 0) is 43.2 Å². The monoisotopic (exact) mass is 725 g/mol. The van der Waals surface area contributed by atoms with E-state index < -0.39 is 108 Å². The second-order valence-corrected chi connectivity index (χ2v) is 13.6. The van der Waals surface area contributed by atoms with E-state index in [1.807, 2.05) is 13.8 Å². The van der Waals surface area contributed by atoms with Crippen LogP contribution in [0, 0.1) is 17.8 Å². The smallest absolute Gasteiger partial charge is 0.322 e. The molecule has 1 aliphatic heterocycles. The summed E-state index contributed by atoms with van der Waals surface area (Å²) in [5, 5.41) is 24.0. The highest BCUT2D eigenvalue weighted by atomic mass is 16.4. The van der Waals surface area contributed by atoms with Crippen LogP contribution in [0.5, 0.6) is 0 Å². The van der Waals surface area contributed by atoms with Crippen molar-refractivity contribution in [2.45, 2.75) is 104 Å². The molecule has 51 heavy (non-hydrogen) atoms. The van der Waals surface area contributed by atoms with Crippen molar-refractivity contribution in [3.05, 3.63) is 0 Å². The van der Waals surface area contributed by atoms with Crippen molar-refractivity contribution in [2.24, 2.45) is 29.2 Å². The number of carbonyl (C=O) groups excluding carboxylic acids is 8. The highest BCUT2D eigenvalue weighted by Crippen LogP contribution is 2.20. The second kappa shape index (κ2) is 21.4. The van der Waals surface area contributed by atoms with Crippen molar-refractivity contribution in [1.82, 2.24) is 36.8 Å². The molecule has 0 radical (unpaired) electrons. The molecule has 1 saturated heterocycles. The van der Waals surface area contributed by atoms with E-state index in [1.54, 1.807) is 27.7 Å². The molecule has 0 spiro atoms. The van der Waals surface area contributed by atoms with Crippen molar-refractivity contribution >= 4 is 53.2 Å². The van der Waals surface area contributed by atoms with Crippen LogP contribution < -0.4 is 43.4 Å². The first kappa shape index (κ1) is 44.2. The van der Waals surface area contributed by atoms with Crippen molar-refractivity contribution in [1.29, 1.82) is 0 Å². The Balaban J connectivity index is 3.18. The Bertz CT molecular complexity index is 1290. The predicted molar refractivity (Wildman–Crippen MR) is 183 cm³/mol. The van der Waals surface area contributed by atoms with E-state index in [0.29, 0.717) is 6.42 Å². The van der Waals surface area contributed by atoms with Crippen LogP contribution in [0.25, 0.3) is 0 Å².